The van der Waals surface area contributed by atoms with Crippen molar-refractivity contribution < 1.29 is 8.42 Å². The van der Waals surface area contributed by atoms with Crippen molar-refractivity contribution in [1.29, 1.82) is 0 Å². The Morgan fingerprint density at radius 3 is 2.17 bits per heavy atom. The van der Waals surface area contributed by atoms with E-state index >= 15 is 0 Å². The molecule has 18 heavy (non-hydrogen) atoms. The van der Waals surface area contributed by atoms with E-state index in [4.69, 9.17) is 5.73 Å². The maximum Gasteiger partial charge on any atom is 0.211 e. The molecule has 0 saturated heterocycles. The van der Waals surface area contributed by atoms with Crippen LogP contribution < -0.4 is 5.73 Å². The van der Waals surface area contributed by atoms with E-state index in [9.17, 15) is 8.42 Å². The molecule has 0 radical (unpaired) electrons. The van der Waals surface area contributed by atoms with Crippen LogP contribution in [0.4, 0.5) is 0 Å². The average molecular weight is 276 g/mol. The van der Waals surface area contributed by atoms with Crippen molar-refractivity contribution in [2.45, 2.75) is 57.9 Å². The number of sulfonamides is 1. The average Bonchev–Trinajstić information content (AvgIpc) is 2.35. The molecule has 1 aliphatic carbocycles. The van der Waals surface area contributed by atoms with Crippen LogP contribution in [0, 0.1) is 5.92 Å². The van der Waals surface area contributed by atoms with Crippen LogP contribution in [0.15, 0.2) is 0 Å². The maximum absolute atomic E-state index is 12.0. The highest BCUT2D eigenvalue weighted by Crippen LogP contribution is 2.38. The predicted octanol–water partition coefficient (Wildman–Crippen LogP) is 1.96. The number of nitrogens with zero attached hydrogens (tertiary/aromatic N) is 1. The molecule has 5 heteroatoms. The van der Waals surface area contributed by atoms with E-state index in [0.29, 0.717) is 13.1 Å². The second-order valence-corrected chi connectivity index (χ2v) is 7.52. The Labute approximate surface area is 112 Å². The first-order chi connectivity index (χ1) is 8.39. The minimum Gasteiger partial charge on any atom is -0.329 e. The minimum absolute atomic E-state index is 0.324. The van der Waals surface area contributed by atoms with Gasteiger partial charge in [0.1, 0.15) is 0 Å². The summed E-state index contributed by atoms with van der Waals surface area (Å²) >= 11 is 0. The lowest BCUT2D eigenvalue weighted by atomic mass is 9.75. The standard InChI is InChI=1S/C13H28N2O2S/c1-4-10-15(18(3,16)17)13(11-14)8-6-12(5-2)7-9-13/h12H,4-11,14H2,1-3H3. The summed E-state index contributed by atoms with van der Waals surface area (Å²) in [5.41, 5.74) is 5.62. The Hall–Kier alpha value is -0.130. The molecule has 0 unspecified atom stereocenters. The Morgan fingerprint density at radius 1 is 1.28 bits per heavy atom. The summed E-state index contributed by atoms with van der Waals surface area (Å²) in [4.78, 5) is 0. The van der Waals surface area contributed by atoms with Gasteiger partial charge in [0.15, 0.2) is 0 Å². The van der Waals surface area contributed by atoms with Gasteiger partial charge in [0.2, 0.25) is 10.0 Å². The van der Waals surface area contributed by atoms with Crippen LogP contribution in [-0.2, 0) is 10.0 Å². The van der Waals surface area contributed by atoms with Gasteiger partial charge in [0, 0.05) is 18.6 Å². The summed E-state index contributed by atoms with van der Waals surface area (Å²) in [6.07, 6.45) is 7.36. The van der Waals surface area contributed by atoms with E-state index in [2.05, 4.69) is 6.92 Å². The molecule has 2 N–H and O–H groups in total. The van der Waals surface area contributed by atoms with Crippen molar-refractivity contribution in [2.24, 2.45) is 11.7 Å². The van der Waals surface area contributed by atoms with Crippen molar-refractivity contribution in [1.82, 2.24) is 4.31 Å². The molecule has 1 saturated carbocycles. The van der Waals surface area contributed by atoms with Gasteiger partial charge in [-0.05, 0) is 38.0 Å². The number of hydrogen-bond donors (Lipinski definition) is 1. The number of nitrogens with two attached hydrogens (primary N) is 1. The maximum atomic E-state index is 12.0. The molecule has 0 atom stereocenters. The van der Waals surface area contributed by atoms with Gasteiger partial charge in [0.25, 0.3) is 0 Å². The first-order valence-corrected chi connectivity index (χ1v) is 8.92. The minimum atomic E-state index is -3.17. The fourth-order valence-electron chi connectivity index (χ4n) is 3.14. The molecular weight excluding hydrogens is 248 g/mol. The van der Waals surface area contributed by atoms with E-state index in [-0.39, 0.29) is 5.54 Å². The Bertz CT molecular complexity index is 346. The highest BCUT2D eigenvalue weighted by molar-refractivity contribution is 7.88. The van der Waals surface area contributed by atoms with Gasteiger partial charge >= 0.3 is 0 Å². The topological polar surface area (TPSA) is 63.4 Å². The van der Waals surface area contributed by atoms with Crippen molar-refractivity contribution in [3.63, 3.8) is 0 Å². The first-order valence-electron chi connectivity index (χ1n) is 7.07. The normalized spacial score (nSPS) is 29.7. The molecule has 0 bridgehead atoms. The molecule has 108 valence electrons. The van der Waals surface area contributed by atoms with Crippen LogP contribution in [0.3, 0.4) is 0 Å². The van der Waals surface area contributed by atoms with Gasteiger partial charge in [-0.3, -0.25) is 0 Å². The van der Waals surface area contributed by atoms with Crippen LogP contribution in [-0.4, -0.2) is 37.6 Å². The van der Waals surface area contributed by atoms with E-state index < -0.39 is 10.0 Å². The summed E-state index contributed by atoms with van der Waals surface area (Å²) < 4.78 is 25.7. The van der Waals surface area contributed by atoms with E-state index in [0.717, 1.165) is 38.0 Å². The molecular formula is C13H28N2O2S. The molecule has 0 aromatic carbocycles. The zero-order valence-corrected chi connectivity index (χ0v) is 12.8. The van der Waals surface area contributed by atoms with Crippen molar-refractivity contribution in [3.8, 4) is 0 Å². The summed E-state index contributed by atoms with van der Waals surface area (Å²) in [6.45, 7) is 5.25. The highest BCUT2D eigenvalue weighted by Gasteiger charge is 2.42. The summed E-state index contributed by atoms with van der Waals surface area (Å²) in [5.74, 6) is 0.743. The van der Waals surface area contributed by atoms with Gasteiger partial charge < -0.3 is 5.73 Å². The molecule has 0 heterocycles. The van der Waals surface area contributed by atoms with E-state index in [1.807, 2.05) is 6.92 Å². The predicted molar refractivity (Wildman–Crippen MR) is 75.9 cm³/mol. The number of hydrogen-bond acceptors (Lipinski definition) is 3. The van der Waals surface area contributed by atoms with Gasteiger partial charge in [-0.1, -0.05) is 20.3 Å². The van der Waals surface area contributed by atoms with Gasteiger partial charge in [-0.25, -0.2) is 8.42 Å². The lowest BCUT2D eigenvalue weighted by Crippen LogP contribution is -2.57. The molecule has 0 aromatic rings. The second-order valence-electron chi connectivity index (χ2n) is 5.62. The SMILES string of the molecule is CCCN(C1(CN)CCC(CC)CC1)S(C)(=O)=O. The van der Waals surface area contributed by atoms with Crippen LogP contribution in [0.1, 0.15) is 52.4 Å². The van der Waals surface area contributed by atoms with Crippen LogP contribution >= 0.6 is 0 Å². The third-order valence-corrected chi connectivity index (χ3v) is 5.72. The smallest absolute Gasteiger partial charge is 0.211 e. The zero-order chi connectivity index (χ0) is 13.8. The zero-order valence-electron chi connectivity index (χ0n) is 12.0. The fourth-order valence-corrected chi connectivity index (χ4v) is 4.61. The van der Waals surface area contributed by atoms with Gasteiger partial charge in [-0.2, -0.15) is 4.31 Å². The number of rotatable bonds is 6. The second kappa shape index (κ2) is 6.35. The molecule has 0 aliphatic heterocycles. The Morgan fingerprint density at radius 2 is 1.83 bits per heavy atom. The van der Waals surface area contributed by atoms with Gasteiger partial charge in [-0.15, -0.1) is 0 Å². The molecule has 1 rings (SSSR count). The Kier molecular flexibility index (Phi) is 5.62. The molecule has 1 fully saturated rings. The summed E-state index contributed by atoms with van der Waals surface area (Å²) in [7, 11) is -3.17. The lowest BCUT2D eigenvalue weighted by molar-refractivity contribution is 0.111. The Balaban J connectivity index is 2.92. The van der Waals surface area contributed by atoms with E-state index in [1.54, 1.807) is 4.31 Å². The summed E-state index contributed by atoms with van der Waals surface area (Å²) in [5, 5.41) is 0. The van der Waals surface area contributed by atoms with Gasteiger partial charge in [0.05, 0.1) is 6.26 Å². The van der Waals surface area contributed by atoms with Crippen molar-refractivity contribution in [2.75, 3.05) is 19.3 Å². The largest absolute Gasteiger partial charge is 0.329 e. The van der Waals surface area contributed by atoms with Crippen molar-refractivity contribution in [3.05, 3.63) is 0 Å². The molecule has 1 aliphatic rings. The van der Waals surface area contributed by atoms with Crippen LogP contribution in [0.5, 0.6) is 0 Å². The third kappa shape index (κ3) is 3.45. The molecule has 4 nitrogen and oxygen atoms in total. The fraction of sp³-hybridized carbons (Fsp3) is 1.00. The first kappa shape index (κ1) is 15.9. The lowest BCUT2D eigenvalue weighted by Gasteiger charge is -2.46. The van der Waals surface area contributed by atoms with Crippen molar-refractivity contribution >= 4 is 10.0 Å². The quantitative estimate of drug-likeness (QED) is 0.806. The van der Waals surface area contributed by atoms with E-state index in [1.165, 1.54) is 12.7 Å². The monoisotopic (exact) mass is 276 g/mol. The van der Waals surface area contributed by atoms with Crippen LogP contribution in [0.25, 0.3) is 0 Å². The summed E-state index contributed by atoms with van der Waals surface area (Å²) in [6, 6.07) is 0. The highest BCUT2D eigenvalue weighted by atomic mass is 32.2. The van der Waals surface area contributed by atoms with Crippen LogP contribution in [0.2, 0.25) is 0 Å². The molecule has 0 amide bonds. The molecule has 0 spiro atoms. The molecule has 0 aromatic heterocycles. The third-order valence-electron chi connectivity index (χ3n) is 4.35.